The predicted molar refractivity (Wildman–Crippen MR) is 122 cm³/mol. The van der Waals surface area contributed by atoms with Gasteiger partial charge in [0.15, 0.2) is 11.6 Å². The molecule has 8 heteroatoms. The Morgan fingerprint density at radius 1 is 1.03 bits per heavy atom. The standard InChI is InChI=1S/C25H28N4O4/c1-16-6-7-21-18(13-16)14-22(33-21)25(31)29-8-4-3-5-20(29)23-26-15-19(17(2)27-23)24(30)28-9-11-32-12-10-28/h6-7,13-15,20H,3-5,8-12H2,1-2H3. The zero-order valence-electron chi connectivity index (χ0n) is 19.0. The highest BCUT2D eigenvalue weighted by Crippen LogP contribution is 2.32. The minimum absolute atomic E-state index is 0.0727. The van der Waals surface area contributed by atoms with Gasteiger partial charge in [-0.3, -0.25) is 9.59 Å². The molecule has 2 aliphatic heterocycles. The molecule has 8 nitrogen and oxygen atoms in total. The van der Waals surface area contributed by atoms with E-state index in [9.17, 15) is 9.59 Å². The number of carbonyl (C=O) groups excluding carboxylic acids is 2. The zero-order chi connectivity index (χ0) is 22.9. The summed E-state index contributed by atoms with van der Waals surface area (Å²) in [7, 11) is 0. The van der Waals surface area contributed by atoms with Crippen molar-refractivity contribution < 1.29 is 18.7 Å². The number of hydrogen-bond acceptors (Lipinski definition) is 6. The van der Waals surface area contributed by atoms with Crippen LogP contribution in [0.5, 0.6) is 0 Å². The maximum atomic E-state index is 13.4. The third-order valence-corrected chi connectivity index (χ3v) is 6.47. The van der Waals surface area contributed by atoms with Crippen molar-refractivity contribution in [3.8, 4) is 0 Å². The lowest BCUT2D eigenvalue weighted by Gasteiger charge is -2.34. The Morgan fingerprint density at radius 3 is 2.64 bits per heavy atom. The van der Waals surface area contributed by atoms with Gasteiger partial charge in [-0.2, -0.15) is 0 Å². The lowest BCUT2D eigenvalue weighted by Crippen LogP contribution is -2.41. The summed E-state index contributed by atoms with van der Waals surface area (Å²) in [5.74, 6) is 0.684. The quantitative estimate of drug-likeness (QED) is 0.607. The van der Waals surface area contributed by atoms with E-state index >= 15 is 0 Å². The molecule has 2 aromatic heterocycles. The van der Waals surface area contributed by atoms with Gasteiger partial charge >= 0.3 is 0 Å². The molecule has 172 valence electrons. The minimum Gasteiger partial charge on any atom is -0.451 e. The van der Waals surface area contributed by atoms with Crippen molar-refractivity contribution in [3.63, 3.8) is 0 Å². The summed E-state index contributed by atoms with van der Waals surface area (Å²) in [5.41, 5.74) is 2.96. The molecule has 1 atom stereocenters. The average Bonchev–Trinajstić information content (AvgIpc) is 3.27. The van der Waals surface area contributed by atoms with Gasteiger partial charge < -0.3 is 19.0 Å². The zero-order valence-corrected chi connectivity index (χ0v) is 19.0. The number of rotatable bonds is 3. The lowest BCUT2D eigenvalue weighted by molar-refractivity contribution is 0.0301. The van der Waals surface area contributed by atoms with Crippen LogP contribution in [0.15, 0.2) is 34.9 Å². The maximum absolute atomic E-state index is 13.4. The van der Waals surface area contributed by atoms with Gasteiger partial charge in [-0.15, -0.1) is 0 Å². The summed E-state index contributed by atoms with van der Waals surface area (Å²) in [6, 6.07) is 7.45. The van der Waals surface area contributed by atoms with Crippen molar-refractivity contribution in [3.05, 3.63) is 58.9 Å². The van der Waals surface area contributed by atoms with E-state index in [0.717, 1.165) is 30.2 Å². The summed E-state index contributed by atoms with van der Waals surface area (Å²) < 4.78 is 11.2. The Morgan fingerprint density at radius 2 is 1.85 bits per heavy atom. The average molecular weight is 449 g/mol. The van der Waals surface area contributed by atoms with Crippen LogP contribution in [-0.2, 0) is 4.74 Å². The number of morpholine rings is 1. The smallest absolute Gasteiger partial charge is 0.290 e. The van der Waals surface area contributed by atoms with Crippen molar-refractivity contribution in [2.24, 2.45) is 0 Å². The molecule has 0 spiro atoms. The number of piperidine rings is 1. The summed E-state index contributed by atoms with van der Waals surface area (Å²) in [5, 5.41) is 0.921. The lowest BCUT2D eigenvalue weighted by atomic mass is 10.0. The molecule has 1 unspecified atom stereocenters. The van der Waals surface area contributed by atoms with Crippen LogP contribution in [-0.4, -0.2) is 64.4 Å². The molecule has 2 fully saturated rings. The first-order valence-corrected chi connectivity index (χ1v) is 11.5. The molecule has 0 N–H and O–H groups in total. The molecular weight excluding hydrogens is 420 g/mol. The van der Waals surface area contributed by atoms with E-state index in [0.29, 0.717) is 61.3 Å². The number of hydrogen-bond donors (Lipinski definition) is 0. The number of benzene rings is 1. The summed E-state index contributed by atoms with van der Waals surface area (Å²) in [4.78, 5) is 39.1. The Kier molecular flexibility index (Phi) is 5.85. The highest BCUT2D eigenvalue weighted by Gasteiger charge is 2.33. The van der Waals surface area contributed by atoms with Gasteiger partial charge in [0.2, 0.25) is 0 Å². The Hall–Kier alpha value is -3.26. The second-order valence-corrected chi connectivity index (χ2v) is 8.79. The Balaban J connectivity index is 1.40. The van der Waals surface area contributed by atoms with Crippen molar-refractivity contribution in [2.45, 2.75) is 39.2 Å². The first-order chi connectivity index (χ1) is 16.0. The minimum atomic E-state index is -0.243. The fraction of sp³-hybridized carbons (Fsp3) is 0.440. The largest absolute Gasteiger partial charge is 0.451 e. The van der Waals surface area contributed by atoms with Crippen LogP contribution in [0.2, 0.25) is 0 Å². The van der Waals surface area contributed by atoms with Crippen LogP contribution in [0.25, 0.3) is 11.0 Å². The van der Waals surface area contributed by atoms with Crippen LogP contribution in [0.4, 0.5) is 0 Å². The summed E-state index contributed by atoms with van der Waals surface area (Å²) in [6.45, 7) is 6.70. The van der Waals surface area contributed by atoms with Crippen molar-refractivity contribution in [1.82, 2.24) is 19.8 Å². The van der Waals surface area contributed by atoms with Crippen LogP contribution < -0.4 is 0 Å². The second kappa shape index (κ2) is 8.94. The number of amides is 2. The van der Waals surface area contributed by atoms with Crippen molar-refractivity contribution in [2.75, 3.05) is 32.8 Å². The van der Waals surface area contributed by atoms with Gasteiger partial charge in [-0.25, -0.2) is 9.97 Å². The van der Waals surface area contributed by atoms with E-state index in [-0.39, 0.29) is 17.9 Å². The third kappa shape index (κ3) is 4.23. The molecule has 3 aromatic rings. The number of nitrogens with zero attached hydrogens (tertiary/aromatic N) is 4. The van der Waals surface area contributed by atoms with Crippen molar-refractivity contribution >= 4 is 22.8 Å². The van der Waals surface area contributed by atoms with E-state index in [1.54, 1.807) is 11.1 Å². The molecule has 5 rings (SSSR count). The third-order valence-electron chi connectivity index (χ3n) is 6.47. The molecule has 2 amide bonds. The normalized spacial score (nSPS) is 19.2. The summed E-state index contributed by atoms with van der Waals surface area (Å²) >= 11 is 0. The van der Waals surface area contributed by atoms with Crippen LogP contribution in [0.3, 0.4) is 0 Å². The molecule has 4 heterocycles. The van der Waals surface area contributed by atoms with Gasteiger partial charge in [-0.05, 0) is 51.3 Å². The molecule has 0 saturated carbocycles. The number of ether oxygens (including phenoxy) is 1. The highest BCUT2D eigenvalue weighted by molar-refractivity contribution is 5.96. The Bertz CT molecular complexity index is 1200. The van der Waals surface area contributed by atoms with E-state index in [2.05, 4.69) is 9.97 Å². The Labute approximate surface area is 192 Å². The van der Waals surface area contributed by atoms with Crippen LogP contribution in [0, 0.1) is 13.8 Å². The number of furan rings is 1. The molecule has 2 aliphatic rings. The van der Waals surface area contributed by atoms with Gasteiger partial charge in [0, 0.05) is 31.2 Å². The SMILES string of the molecule is Cc1ccc2oc(C(=O)N3CCCCC3c3ncc(C(=O)N4CCOCC4)c(C)n3)cc2c1. The molecular formula is C25H28N4O4. The topological polar surface area (TPSA) is 88.8 Å². The molecule has 0 aliphatic carbocycles. The first-order valence-electron chi connectivity index (χ1n) is 11.5. The fourth-order valence-electron chi connectivity index (χ4n) is 4.65. The van der Waals surface area contributed by atoms with Gasteiger partial charge in [0.1, 0.15) is 5.58 Å². The van der Waals surface area contributed by atoms with E-state index in [1.165, 1.54) is 0 Å². The number of likely N-dealkylation sites (tertiary alicyclic amines) is 1. The van der Waals surface area contributed by atoms with Crippen LogP contribution >= 0.6 is 0 Å². The highest BCUT2D eigenvalue weighted by atomic mass is 16.5. The number of fused-ring (bicyclic) bond motifs is 1. The molecule has 1 aromatic carbocycles. The van der Waals surface area contributed by atoms with Gasteiger partial charge in [0.25, 0.3) is 11.8 Å². The van der Waals surface area contributed by atoms with E-state index < -0.39 is 0 Å². The van der Waals surface area contributed by atoms with Crippen molar-refractivity contribution in [1.29, 1.82) is 0 Å². The number of aromatic nitrogens is 2. The monoisotopic (exact) mass is 448 g/mol. The van der Waals surface area contributed by atoms with Gasteiger partial charge in [0.05, 0.1) is 30.5 Å². The van der Waals surface area contributed by atoms with Gasteiger partial charge in [-0.1, -0.05) is 11.6 Å². The molecule has 2 saturated heterocycles. The van der Waals surface area contributed by atoms with Crippen LogP contribution in [0.1, 0.15) is 63.3 Å². The van der Waals surface area contributed by atoms with E-state index in [1.807, 2.05) is 43.0 Å². The number of carbonyl (C=O) groups is 2. The summed E-state index contributed by atoms with van der Waals surface area (Å²) in [6.07, 6.45) is 4.30. The molecule has 33 heavy (non-hydrogen) atoms. The maximum Gasteiger partial charge on any atom is 0.290 e. The second-order valence-electron chi connectivity index (χ2n) is 8.79. The fourth-order valence-corrected chi connectivity index (χ4v) is 4.65. The number of aryl methyl sites for hydroxylation is 2. The molecule has 0 bridgehead atoms. The predicted octanol–water partition coefficient (Wildman–Crippen LogP) is 3.68. The first kappa shape index (κ1) is 21.6. The molecule has 0 radical (unpaired) electrons. The van der Waals surface area contributed by atoms with E-state index in [4.69, 9.17) is 9.15 Å².